The topological polar surface area (TPSA) is 55.4 Å². The molecular formula is C15H18F3NO3. The number of halogens is 3. The largest absolute Gasteiger partial charge is 0.444 e. The minimum Gasteiger partial charge on any atom is -0.444 e. The number of amides is 1. The van der Waals surface area contributed by atoms with Crippen LogP contribution in [0.15, 0.2) is 24.3 Å². The molecule has 0 unspecified atom stereocenters. The standard InChI is InChI=1S/C15H18F3NO3/c1-14(2,3)22-13(21)19-9-12(20)8-10-5-4-6-11(7-10)15(16,17)18/h4-7H,8-9H2,1-3H3,(H,19,21). The summed E-state index contributed by atoms with van der Waals surface area (Å²) >= 11 is 0. The highest BCUT2D eigenvalue weighted by molar-refractivity contribution is 5.85. The molecule has 0 bridgehead atoms. The summed E-state index contributed by atoms with van der Waals surface area (Å²) in [7, 11) is 0. The third kappa shape index (κ3) is 6.60. The van der Waals surface area contributed by atoms with Crippen molar-refractivity contribution in [3.8, 4) is 0 Å². The first-order valence-corrected chi connectivity index (χ1v) is 6.62. The van der Waals surface area contributed by atoms with Crippen LogP contribution in [0.5, 0.6) is 0 Å². The molecule has 122 valence electrons. The molecular weight excluding hydrogens is 299 g/mol. The van der Waals surface area contributed by atoms with E-state index >= 15 is 0 Å². The average Bonchev–Trinajstić information content (AvgIpc) is 2.34. The molecule has 0 aliphatic heterocycles. The number of alkyl carbamates (subject to hydrolysis) is 1. The number of nitrogens with one attached hydrogen (secondary N) is 1. The van der Waals surface area contributed by atoms with E-state index in [1.807, 2.05) is 0 Å². The molecule has 22 heavy (non-hydrogen) atoms. The maximum atomic E-state index is 12.6. The maximum Gasteiger partial charge on any atom is 0.416 e. The third-order valence-electron chi connectivity index (χ3n) is 2.48. The van der Waals surface area contributed by atoms with Gasteiger partial charge in [0.25, 0.3) is 0 Å². The first kappa shape index (κ1) is 18.0. The van der Waals surface area contributed by atoms with Crippen molar-refractivity contribution in [1.29, 1.82) is 0 Å². The van der Waals surface area contributed by atoms with Gasteiger partial charge >= 0.3 is 12.3 Å². The molecule has 1 aromatic carbocycles. The molecule has 4 nitrogen and oxygen atoms in total. The molecule has 7 heteroatoms. The minimum absolute atomic E-state index is 0.195. The van der Waals surface area contributed by atoms with Crippen molar-refractivity contribution < 1.29 is 27.5 Å². The fourth-order valence-corrected chi connectivity index (χ4v) is 1.63. The Morgan fingerprint density at radius 3 is 2.36 bits per heavy atom. The molecule has 0 aromatic heterocycles. The SMILES string of the molecule is CC(C)(C)OC(=O)NCC(=O)Cc1cccc(C(F)(F)F)c1. The molecule has 1 rings (SSSR count). The highest BCUT2D eigenvalue weighted by Gasteiger charge is 2.30. The van der Waals surface area contributed by atoms with Gasteiger partial charge in [0.15, 0.2) is 5.78 Å². The monoisotopic (exact) mass is 317 g/mol. The number of hydrogen-bond acceptors (Lipinski definition) is 3. The second-order valence-electron chi connectivity index (χ2n) is 5.77. The van der Waals surface area contributed by atoms with E-state index in [4.69, 9.17) is 4.74 Å². The van der Waals surface area contributed by atoms with Gasteiger partial charge in [-0.15, -0.1) is 0 Å². The Balaban J connectivity index is 2.54. The summed E-state index contributed by atoms with van der Waals surface area (Å²) < 4.78 is 42.6. The van der Waals surface area contributed by atoms with Crippen molar-refractivity contribution in [2.75, 3.05) is 6.54 Å². The average molecular weight is 317 g/mol. The van der Waals surface area contributed by atoms with Crippen LogP contribution in [0.3, 0.4) is 0 Å². The molecule has 0 aliphatic rings. The highest BCUT2D eigenvalue weighted by Crippen LogP contribution is 2.29. The summed E-state index contributed by atoms with van der Waals surface area (Å²) in [5.74, 6) is -0.412. The molecule has 0 heterocycles. The van der Waals surface area contributed by atoms with Gasteiger partial charge in [0.2, 0.25) is 0 Å². The Morgan fingerprint density at radius 2 is 1.82 bits per heavy atom. The quantitative estimate of drug-likeness (QED) is 0.926. The van der Waals surface area contributed by atoms with E-state index in [1.54, 1.807) is 20.8 Å². The first-order chi connectivity index (χ1) is 9.97. The van der Waals surface area contributed by atoms with Gasteiger partial charge in [0.1, 0.15) is 5.60 Å². The highest BCUT2D eigenvalue weighted by atomic mass is 19.4. The van der Waals surface area contributed by atoms with Crippen LogP contribution < -0.4 is 5.32 Å². The molecule has 0 aliphatic carbocycles. The van der Waals surface area contributed by atoms with Crippen LogP contribution >= 0.6 is 0 Å². The van der Waals surface area contributed by atoms with E-state index in [9.17, 15) is 22.8 Å². The lowest BCUT2D eigenvalue weighted by atomic mass is 10.1. The van der Waals surface area contributed by atoms with Gasteiger partial charge in [-0.3, -0.25) is 4.79 Å². The Morgan fingerprint density at radius 1 is 1.18 bits per heavy atom. The molecule has 0 radical (unpaired) electrons. The zero-order chi connectivity index (χ0) is 17.0. The summed E-state index contributed by atoms with van der Waals surface area (Å²) in [5, 5.41) is 2.27. The number of carbonyl (C=O) groups is 2. The Bertz CT molecular complexity index is 548. The summed E-state index contributed by atoms with van der Waals surface area (Å²) in [6, 6.07) is 4.53. The summed E-state index contributed by atoms with van der Waals surface area (Å²) in [6.45, 7) is 4.73. The molecule has 1 aromatic rings. The number of carbonyl (C=O) groups excluding carboxylic acids is 2. The van der Waals surface area contributed by atoms with Gasteiger partial charge in [-0.2, -0.15) is 13.2 Å². The summed E-state index contributed by atoms with van der Waals surface area (Å²) in [4.78, 5) is 23.1. The fourth-order valence-electron chi connectivity index (χ4n) is 1.63. The van der Waals surface area contributed by atoms with E-state index in [2.05, 4.69) is 5.32 Å². The van der Waals surface area contributed by atoms with Crippen molar-refractivity contribution in [1.82, 2.24) is 5.32 Å². The Hall–Kier alpha value is -2.05. The number of Topliss-reactive ketones (excluding diaryl/α,β-unsaturated/α-hetero) is 1. The second-order valence-corrected chi connectivity index (χ2v) is 5.77. The molecule has 1 amide bonds. The number of ether oxygens (including phenoxy) is 1. The van der Waals surface area contributed by atoms with Gasteiger partial charge in [-0.05, 0) is 32.4 Å². The Labute approximate surface area is 126 Å². The smallest absolute Gasteiger partial charge is 0.416 e. The number of alkyl halides is 3. The lowest BCUT2D eigenvalue weighted by Gasteiger charge is -2.19. The zero-order valence-corrected chi connectivity index (χ0v) is 12.6. The van der Waals surface area contributed by atoms with Crippen molar-refractivity contribution >= 4 is 11.9 Å². The van der Waals surface area contributed by atoms with E-state index in [0.29, 0.717) is 0 Å². The minimum atomic E-state index is -4.45. The maximum absolute atomic E-state index is 12.6. The van der Waals surface area contributed by atoms with Crippen molar-refractivity contribution in [2.24, 2.45) is 0 Å². The Kier molecular flexibility index (Phi) is 5.57. The molecule has 0 atom stereocenters. The van der Waals surface area contributed by atoms with Gasteiger partial charge in [-0.1, -0.05) is 18.2 Å². The summed E-state index contributed by atoms with van der Waals surface area (Å²) in [5.41, 5.74) is -1.25. The number of rotatable bonds is 4. The van der Waals surface area contributed by atoms with Crippen molar-refractivity contribution in [2.45, 2.75) is 39.0 Å². The van der Waals surface area contributed by atoms with Crippen LogP contribution in [0.2, 0.25) is 0 Å². The molecule has 0 saturated heterocycles. The van der Waals surface area contributed by atoms with Crippen LogP contribution in [0.25, 0.3) is 0 Å². The van der Waals surface area contributed by atoms with E-state index in [1.165, 1.54) is 12.1 Å². The van der Waals surface area contributed by atoms with Gasteiger partial charge in [-0.25, -0.2) is 4.79 Å². The normalized spacial score (nSPS) is 11.9. The van der Waals surface area contributed by atoms with Crippen molar-refractivity contribution in [3.05, 3.63) is 35.4 Å². The molecule has 0 spiro atoms. The van der Waals surface area contributed by atoms with Crippen LogP contribution in [-0.4, -0.2) is 24.0 Å². The van der Waals surface area contributed by atoms with E-state index in [-0.39, 0.29) is 18.5 Å². The number of benzene rings is 1. The summed E-state index contributed by atoms with van der Waals surface area (Å²) in [6.07, 6.45) is -5.39. The molecule has 0 saturated carbocycles. The van der Waals surface area contributed by atoms with Crippen LogP contribution in [0.1, 0.15) is 31.9 Å². The zero-order valence-electron chi connectivity index (χ0n) is 12.6. The van der Waals surface area contributed by atoms with Gasteiger partial charge in [0, 0.05) is 6.42 Å². The third-order valence-corrected chi connectivity index (χ3v) is 2.48. The van der Waals surface area contributed by atoms with Gasteiger partial charge in [0.05, 0.1) is 12.1 Å². The molecule has 0 fully saturated rings. The van der Waals surface area contributed by atoms with Gasteiger partial charge < -0.3 is 10.1 Å². The fraction of sp³-hybridized carbons (Fsp3) is 0.467. The predicted octanol–water partition coefficient (Wildman–Crippen LogP) is 3.34. The van der Waals surface area contributed by atoms with Crippen molar-refractivity contribution in [3.63, 3.8) is 0 Å². The number of hydrogen-bond donors (Lipinski definition) is 1. The lowest BCUT2D eigenvalue weighted by Crippen LogP contribution is -2.35. The number of ketones is 1. The van der Waals surface area contributed by atoms with Crippen LogP contribution in [-0.2, 0) is 22.1 Å². The van der Waals surface area contributed by atoms with Crippen LogP contribution in [0, 0.1) is 0 Å². The van der Waals surface area contributed by atoms with E-state index < -0.39 is 29.2 Å². The lowest BCUT2D eigenvalue weighted by molar-refractivity contribution is -0.137. The van der Waals surface area contributed by atoms with Crippen LogP contribution in [0.4, 0.5) is 18.0 Å². The second kappa shape index (κ2) is 6.81. The molecule has 1 N–H and O–H groups in total. The first-order valence-electron chi connectivity index (χ1n) is 6.62. The van der Waals surface area contributed by atoms with E-state index in [0.717, 1.165) is 12.1 Å². The predicted molar refractivity (Wildman–Crippen MR) is 74.4 cm³/mol.